The van der Waals surface area contributed by atoms with Crippen LogP contribution < -0.4 is 0 Å². The SMILES string of the molecule is CN1CCC2(CC1)C1CCN=C1C=C1CCCOC12. The van der Waals surface area contributed by atoms with Gasteiger partial charge < -0.3 is 9.64 Å². The van der Waals surface area contributed by atoms with Crippen molar-refractivity contribution in [3.63, 3.8) is 0 Å². The molecule has 0 amide bonds. The lowest BCUT2D eigenvalue weighted by Crippen LogP contribution is -2.55. The number of rotatable bonds is 0. The molecule has 3 heterocycles. The predicted molar refractivity (Wildman–Crippen MR) is 76.6 cm³/mol. The Morgan fingerprint density at radius 2 is 2.21 bits per heavy atom. The zero-order chi connectivity index (χ0) is 12.9. The Kier molecular flexibility index (Phi) is 2.82. The van der Waals surface area contributed by atoms with Crippen LogP contribution in [0.4, 0.5) is 0 Å². The molecule has 2 unspecified atom stereocenters. The Morgan fingerprint density at radius 1 is 1.37 bits per heavy atom. The topological polar surface area (TPSA) is 24.8 Å². The fraction of sp³-hybridized carbons (Fsp3) is 0.812. The molecule has 0 aromatic heterocycles. The van der Waals surface area contributed by atoms with E-state index >= 15 is 0 Å². The second kappa shape index (κ2) is 4.42. The van der Waals surface area contributed by atoms with E-state index in [1.807, 2.05) is 0 Å². The van der Waals surface area contributed by atoms with Crippen LogP contribution in [0.1, 0.15) is 32.1 Å². The van der Waals surface area contributed by atoms with Gasteiger partial charge in [0.05, 0.1) is 6.10 Å². The maximum Gasteiger partial charge on any atom is 0.0852 e. The van der Waals surface area contributed by atoms with E-state index in [-0.39, 0.29) is 0 Å². The highest BCUT2D eigenvalue weighted by Gasteiger charge is 2.53. The van der Waals surface area contributed by atoms with Gasteiger partial charge in [0.15, 0.2) is 0 Å². The lowest BCUT2D eigenvalue weighted by molar-refractivity contribution is -0.0815. The number of allylic oxidation sites excluding steroid dienone is 1. The van der Waals surface area contributed by atoms with E-state index in [0.29, 0.717) is 17.4 Å². The number of fused-ring (bicyclic) bond motifs is 4. The van der Waals surface area contributed by atoms with Gasteiger partial charge in [-0.25, -0.2) is 0 Å². The minimum Gasteiger partial charge on any atom is -0.373 e. The molecule has 1 aliphatic carbocycles. The fourth-order valence-corrected chi connectivity index (χ4v) is 4.73. The first-order valence-electron chi connectivity index (χ1n) is 7.84. The van der Waals surface area contributed by atoms with E-state index in [4.69, 9.17) is 9.73 Å². The minimum atomic E-state index is 0.367. The van der Waals surface area contributed by atoms with E-state index in [2.05, 4.69) is 18.0 Å². The Morgan fingerprint density at radius 3 is 3.05 bits per heavy atom. The molecule has 0 saturated carbocycles. The van der Waals surface area contributed by atoms with Gasteiger partial charge in [0.25, 0.3) is 0 Å². The standard InChI is InChI=1S/C16H24N2O/c1-18-8-5-16(6-9-18)13-4-7-17-14(13)11-12-3-2-10-19-15(12)16/h11,13,15H,2-10H2,1H3. The summed E-state index contributed by atoms with van der Waals surface area (Å²) < 4.78 is 6.28. The molecule has 104 valence electrons. The van der Waals surface area contributed by atoms with Crippen molar-refractivity contribution in [3.8, 4) is 0 Å². The summed E-state index contributed by atoms with van der Waals surface area (Å²) in [5.41, 5.74) is 3.32. The van der Waals surface area contributed by atoms with Crippen molar-refractivity contribution < 1.29 is 4.74 Å². The Labute approximate surface area is 115 Å². The minimum absolute atomic E-state index is 0.367. The average molecular weight is 260 g/mol. The third-order valence-corrected chi connectivity index (χ3v) is 5.77. The van der Waals surface area contributed by atoms with Crippen LogP contribution in [-0.4, -0.2) is 50.0 Å². The molecule has 2 fully saturated rings. The van der Waals surface area contributed by atoms with Gasteiger partial charge in [0.2, 0.25) is 0 Å². The molecule has 2 saturated heterocycles. The van der Waals surface area contributed by atoms with Crippen LogP contribution >= 0.6 is 0 Å². The molecule has 2 atom stereocenters. The number of ether oxygens (including phenoxy) is 1. The smallest absolute Gasteiger partial charge is 0.0852 e. The first kappa shape index (κ1) is 12.1. The van der Waals surface area contributed by atoms with Crippen molar-refractivity contribution in [3.05, 3.63) is 11.6 Å². The van der Waals surface area contributed by atoms with E-state index in [1.54, 1.807) is 5.57 Å². The second-order valence-electron chi connectivity index (χ2n) is 6.76. The maximum absolute atomic E-state index is 6.28. The van der Waals surface area contributed by atoms with Gasteiger partial charge in [-0.2, -0.15) is 0 Å². The monoisotopic (exact) mass is 260 g/mol. The van der Waals surface area contributed by atoms with Gasteiger partial charge in [0.1, 0.15) is 0 Å². The molecule has 0 radical (unpaired) electrons. The molecular formula is C16H24N2O. The summed E-state index contributed by atoms with van der Waals surface area (Å²) in [6.45, 7) is 4.43. The highest BCUT2D eigenvalue weighted by atomic mass is 16.5. The molecule has 3 heteroatoms. The number of piperidine rings is 1. The number of hydrogen-bond acceptors (Lipinski definition) is 3. The number of aliphatic imine (C=N–C) groups is 1. The largest absolute Gasteiger partial charge is 0.373 e. The molecule has 3 nitrogen and oxygen atoms in total. The molecule has 3 aliphatic heterocycles. The molecule has 0 N–H and O–H groups in total. The summed E-state index contributed by atoms with van der Waals surface area (Å²) in [5, 5.41) is 0. The van der Waals surface area contributed by atoms with Crippen molar-refractivity contribution >= 4 is 5.71 Å². The molecule has 1 spiro atoms. The van der Waals surface area contributed by atoms with Crippen molar-refractivity contribution in [1.29, 1.82) is 0 Å². The third kappa shape index (κ3) is 1.74. The molecule has 0 bridgehead atoms. The number of nitrogens with zero attached hydrogens (tertiary/aromatic N) is 2. The van der Waals surface area contributed by atoms with Crippen LogP contribution in [0.25, 0.3) is 0 Å². The summed E-state index contributed by atoms with van der Waals surface area (Å²) in [6, 6.07) is 0. The van der Waals surface area contributed by atoms with Crippen LogP contribution in [0.15, 0.2) is 16.6 Å². The third-order valence-electron chi connectivity index (χ3n) is 5.77. The molecular weight excluding hydrogens is 236 g/mol. The van der Waals surface area contributed by atoms with Crippen LogP contribution in [0.2, 0.25) is 0 Å². The first-order chi connectivity index (χ1) is 9.29. The zero-order valence-electron chi connectivity index (χ0n) is 11.9. The van der Waals surface area contributed by atoms with Crippen molar-refractivity contribution in [2.75, 3.05) is 33.3 Å². The van der Waals surface area contributed by atoms with Crippen LogP contribution in [-0.2, 0) is 4.74 Å². The predicted octanol–water partition coefficient (Wildman–Crippen LogP) is 2.28. The molecule has 0 aromatic carbocycles. The van der Waals surface area contributed by atoms with Crippen LogP contribution in [0, 0.1) is 11.3 Å². The van der Waals surface area contributed by atoms with Gasteiger partial charge in [-0.1, -0.05) is 0 Å². The lowest BCUT2D eigenvalue weighted by Gasteiger charge is -2.53. The lowest BCUT2D eigenvalue weighted by atomic mass is 9.58. The Balaban J connectivity index is 1.74. The summed E-state index contributed by atoms with van der Waals surface area (Å²) in [5.74, 6) is 0.674. The van der Waals surface area contributed by atoms with Gasteiger partial charge in [0, 0.05) is 30.2 Å². The average Bonchev–Trinajstić information content (AvgIpc) is 2.91. The molecule has 0 aromatic rings. The summed E-state index contributed by atoms with van der Waals surface area (Å²) in [4.78, 5) is 7.26. The van der Waals surface area contributed by atoms with Crippen molar-refractivity contribution in [1.82, 2.24) is 4.90 Å². The van der Waals surface area contributed by atoms with Crippen molar-refractivity contribution in [2.24, 2.45) is 16.3 Å². The summed E-state index contributed by atoms with van der Waals surface area (Å²) in [6.07, 6.45) is 9.04. The normalized spacial score (nSPS) is 37.5. The quantitative estimate of drug-likeness (QED) is 0.667. The number of hydrogen-bond donors (Lipinski definition) is 0. The maximum atomic E-state index is 6.28. The van der Waals surface area contributed by atoms with Crippen LogP contribution in [0.5, 0.6) is 0 Å². The zero-order valence-corrected chi connectivity index (χ0v) is 11.9. The van der Waals surface area contributed by atoms with Gasteiger partial charge >= 0.3 is 0 Å². The molecule has 4 aliphatic rings. The van der Waals surface area contributed by atoms with Gasteiger partial charge in [-0.15, -0.1) is 0 Å². The fourth-order valence-electron chi connectivity index (χ4n) is 4.73. The Bertz CT molecular complexity index is 432. The van der Waals surface area contributed by atoms with E-state index in [1.165, 1.54) is 50.9 Å². The van der Waals surface area contributed by atoms with Crippen LogP contribution in [0.3, 0.4) is 0 Å². The van der Waals surface area contributed by atoms with Crippen molar-refractivity contribution in [2.45, 2.75) is 38.2 Å². The van der Waals surface area contributed by atoms with E-state index < -0.39 is 0 Å². The highest BCUT2D eigenvalue weighted by Crippen LogP contribution is 2.53. The van der Waals surface area contributed by atoms with E-state index in [9.17, 15) is 0 Å². The van der Waals surface area contributed by atoms with Gasteiger partial charge in [-0.3, -0.25) is 4.99 Å². The summed E-state index contributed by atoms with van der Waals surface area (Å²) in [7, 11) is 2.25. The van der Waals surface area contributed by atoms with E-state index in [0.717, 1.165) is 13.2 Å². The van der Waals surface area contributed by atoms with Gasteiger partial charge in [-0.05, 0) is 63.9 Å². The molecule has 4 rings (SSSR count). The molecule has 19 heavy (non-hydrogen) atoms. The first-order valence-corrected chi connectivity index (χ1v) is 7.84. The second-order valence-corrected chi connectivity index (χ2v) is 6.76. The summed E-state index contributed by atoms with van der Waals surface area (Å²) >= 11 is 0. The number of likely N-dealkylation sites (tertiary alicyclic amines) is 1. The highest BCUT2D eigenvalue weighted by molar-refractivity contribution is 6.00. The Hall–Kier alpha value is -0.670.